The van der Waals surface area contributed by atoms with Gasteiger partial charge in [0.25, 0.3) is 0 Å². The summed E-state index contributed by atoms with van der Waals surface area (Å²) in [5, 5.41) is 0. The zero-order valence-electron chi connectivity index (χ0n) is 10.6. The molecule has 0 fully saturated rings. The Morgan fingerprint density at radius 3 is 3.00 bits per heavy atom. The molecule has 2 rings (SSSR count). The van der Waals surface area contributed by atoms with E-state index in [0.717, 1.165) is 31.4 Å². The van der Waals surface area contributed by atoms with Crippen LogP contribution in [0.2, 0.25) is 0 Å². The number of rotatable bonds is 6. The van der Waals surface area contributed by atoms with E-state index in [4.69, 9.17) is 10.2 Å². The van der Waals surface area contributed by atoms with Gasteiger partial charge < -0.3 is 15.1 Å². The van der Waals surface area contributed by atoms with Crippen molar-refractivity contribution in [2.45, 2.75) is 12.8 Å². The number of aromatic amines is 1. The summed E-state index contributed by atoms with van der Waals surface area (Å²) in [5.74, 6) is -0.398. The van der Waals surface area contributed by atoms with Crippen LogP contribution in [0.15, 0.2) is 27.4 Å². The van der Waals surface area contributed by atoms with Crippen LogP contribution in [0.1, 0.15) is 12.0 Å². The summed E-state index contributed by atoms with van der Waals surface area (Å²) in [7, 11) is 2.07. The van der Waals surface area contributed by atoms with Crippen LogP contribution in [0.3, 0.4) is 0 Å². The van der Waals surface area contributed by atoms with Gasteiger partial charge in [0.15, 0.2) is 5.58 Å². The Balaban J connectivity index is 1.93. The molecule has 1 heterocycles. The molecule has 2 aromatic rings. The Kier molecular flexibility index (Phi) is 4.17. The largest absolute Gasteiger partial charge is 0.417 e. The Morgan fingerprint density at radius 1 is 1.39 bits per heavy atom. The first-order valence-corrected chi connectivity index (χ1v) is 6.19. The molecule has 0 unspecified atom stereocenters. The molecule has 0 atom stereocenters. The molecule has 0 bridgehead atoms. The maximum absolute atomic E-state index is 11.0. The fourth-order valence-corrected chi connectivity index (χ4v) is 2.03. The third kappa shape index (κ3) is 3.21. The molecule has 18 heavy (non-hydrogen) atoms. The quantitative estimate of drug-likeness (QED) is 0.799. The summed E-state index contributed by atoms with van der Waals surface area (Å²) < 4.78 is 5.04. The van der Waals surface area contributed by atoms with Crippen molar-refractivity contribution in [1.82, 2.24) is 9.88 Å². The standard InChI is InChI=1S/C13H19N3O2/c1-16(8-6-14)7-2-3-10-4-5-11-12(9-10)18-13(17)15-11/h4-5,9H,2-3,6-8,14H2,1H3,(H,15,17). The second-order valence-corrected chi connectivity index (χ2v) is 4.54. The van der Waals surface area contributed by atoms with Gasteiger partial charge in [-0.05, 0) is 44.1 Å². The number of benzene rings is 1. The van der Waals surface area contributed by atoms with Crippen molar-refractivity contribution in [3.8, 4) is 0 Å². The number of nitrogens with one attached hydrogen (secondary N) is 1. The number of hydrogen-bond donors (Lipinski definition) is 2. The molecule has 0 spiro atoms. The highest BCUT2D eigenvalue weighted by Gasteiger charge is 2.03. The first-order valence-electron chi connectivity index (χ1n) is 6.19. The minimum absolute atomic E-state index is 0.398. The van der Waals surface area contributed by atoms with E-state index in [2.05, 4.69) is 16.9 Å². The number of hydrogen-bond acceptors (Lipinski definition) is 4. The molecular formula is C13H19N3O2. The van der Waals surface area contributed by atoms with E-state index < -0.39 is 5.76 Å². The van der Waals surface area contributed by atoms with E-state index in [-0.39, 0.29) is 0 Å². The first kappa shape index (κ1) is 12.9. The first-order chi connectivity index (χ1) is 8.69. The van der Waals surface area contributed by atoms with Crippen molar-refractivity contribution in [3.63, 3.8) is 0 Å². The van der Waals surface area contributed by atoms with Crippen molar-refractivity contribution >= 4 is 11.1 Å². The van der Waals surface area contributed by atoms with Crippen LogP contribution in [0.5, 0.6) is 0 Å². The van der Waals surface area contributed by atoms with Crippen LogP contribution in [0.4, 0.5) is 0 Å². The van der Waals surface area contributed by atoms with E-state index in [1.165, 1.54) is 5.56 Å². The normalized spacial score (nSPS) is 11.5. The number of nitrogens with zero attached hydrogens (tertiary/aromatic N) is 1. The molecule has 0 amide bonds. The van der Waals surface area contributed by atoms with Crippen molar-refractivity contribution in [3.05, 3.63) is 34.3 Å². The predicted octanol–water partition coefficient (Wildman–Crippen LogP) is 0.944. The number of fused-ring (bicyclic) bond motifs is 1. The van der Waals surface area contributed by atoms with Gasteiger partial charge in [-0.1, -0.05) is 6.07 Å². The minimum Gasteiger partial charge on any atom is -0.408 e. The summed E-state index contributed by atoms with van der Waals surface area (Å²) in [4.78, 5) is 15.9. The highest BCUT2D eigenvalue weighted by molar-refractivity contribution is 5.72. The van der Waals surface area contributed by atoms with Gasteiger partial charge in [-0.25, -0.2) is 4.79 Å². The summed E-state index contributed by atoms with van der Waals surface area (Å²) >= 11 is 0. The van der Waals surface area contributed by atoms with Crippen LogP contribution in [0.25, 0.3) is 11.1 Å². The second kappa shape index (κ2) is 5.84. The summed E-state index contributed by atoms with van der Waals surface area (Å²) in [6, 6.07) is 5.84. The predicted molar refractivity (Wildman–Crippen MR) is 71.7 cm³/mol. The van der Waals surface area contributed by atoms with Gasteiger partial charge >= 0.3 is 5.76 Å². The van der Waals surface area contributed by atoms with Crippen molar-refractivity contribution in [2.24, 2.45) is 5.73 Å². The van der Waals surface area contributed by atoms with Gasteiger partial charge in [0.2, 0.25) is 0 Å². The zero-order chi connectivity index (χ0) is 13.0. The topological polar surface area (TPSA) is 75.3 Å². The second-order valence-electron chi connectivity index (χ2n) is 4.54. The fourth-order valence-electron chi connectivity index (χ4n) is 2.03. The van der Waals surface area contributed by atoms with Crippen LogP contribution in [-0.2, 0) is 6.42 Å². The van der Waals surface area contributed by atoms with Gasteiger partial charge in [-0.2, -0.15) is 0 Å². The number of aryl methyl sites for hydroxylation is 1. The molecule has 5 heteroatoms. The SMILES string of the molecule is CN(CCN)CCCc1ccc2[nH]c(=O)oc2c1. The van der Waals surface area contributed by atoms with E-state index in [1.807, 2.05) is 18.2 Å². The Bertz CT molecular complexity index is 559. The van der Waals surface area contributed by atoms with E-state index in [0.29, 0.717) is 12.1 Å². The number of nitrogens with two attached hydrogens (primary N) is 1. The molecule has 0 saturated heterocycles. The highest BCUT2D eigenvalue weighted by atomic mass is 16.4. The number of oxazole rings is 1. The van der Waals surface area contributed by atoms with Crippen molar-refractivity contribution < 1.29 is 4.42 Å². The molecule has 5 nitrogen and oxygen atoms in total. The van der Waals surface area contributed by atoms with Crippen LogP contribution >= 0.6 is 0 Å². The summed E-state index contributed by atoms with van der Waals surface area (Å²) in [6.07, 6.45) is 2.04. The van der Waals surface area contributed by atoms with Gasteiger partial charge in [0.1, 0.15) is 0 Å². The Labute approximate surface area is 106 Å². The lowest BCUT2D eigenvalue weighted by atomic mass is 10.1. The number of aromatic nitrogens is 1. The Hall–Kier alpha value is -1.59. The molecular weight excluding hydrogens is 230 g/mol. The number of H-pyrrole nitrogens is 1. The van der Waals surface area contributed by atoms with Gasteiger partial charge in [0.05, 0.1) is 5.52 Å². The molecule has 0 aliphatic carbocycles. The molecule has 98 valence electrons. The lowest BCUT2D eigenvalue weighted by Crippen LogP contribution is -2.26. The minimum atomic E-state index is -0.398. The van der Waals surface area contributed by atoms with Crippen molar-refractivity contribution in [2.75, 3.05) is 26.7 Å². The maximum Gasteiger partial charge on any atom is 0.417 e. The molecule has 3 N–H and O–H groups in total. The van der Waals surface area contributed by atoms with Crippen LogP contribution < -0.4 is 11.5 Å². The van der Waals surface area contributed by atoms with E-state index >= 15 is 0 Å². The van der Waals surface area contributed by atoms with Gasteiger partial charge in [0, 0.05) is 13.1 Å². The average Bonchev–Trinajstić information content (AvgIpc) is 2.69. The molecule has 1 aromatic carbocycles. The third-order valence-corrected chi connectivity index (χ3v) is 3.00. The van der Waals surface area contributed by atoms with Crippen LogP contribution in [0, 0.1) is 0 Å². The number of likely N-dealkylation sites (N-methyl/N-ethyl adjacent to an activating group) is 1. The lowest BCUT2D eigenvalue weighted by Gasteiger charge is -2.14. The van der Waals surface area contributed by atoms with Crippen LogP contribution in [-0.4, -0.2) is 36.6 Å². The molecule has 0 aliphatic heterocycles. The smallest absolute Gasteiger partial charge is 0.408 e. The van der Waals surface area contributed by atoms with Gasteiger partial charge in [-0.15, -0.1) is 0 Å². The molecule has 1 aromatic heterocycles. The molecule has 0 saturated carbocycles. The van der Waals surface area contributed by atoms with E-state index in [9.17, 15) is 4.79 Å². The highest BCUT2D eigenvalue weighted by Crippen LogP contribution is 2.13. The monoisotopic (exact) mass is 249 g/mol. The zero-order valence-corrected chi connectivity index (χ0v) is 10.6. The van der Waals surface area contributed by atoms with Gasteiger partial charge in [-0.3, -0.25) is 4.98 Å². The van der Waals surface area contributed by atoms with Crippen molar-refractivity contribution in [1.29, 1.82) is 0 Å². The summed E-state index contributed by atoms with van der Waals surface area (Å²) in [5.41, 5.74) is 8.06. The Morgan fingerprint density at radius 2 is 2.22 bits per heavy atom. The molecule has 0 aliphatic rings. The third-order valence-electron chi connectivity index (χ3n) is 3.00. The maximum atomic E-state index is 11.0. The fraction of sp³-hybridized carbons (Fsp3) is 0.462. The average molecular weight is 249 g/mol. The lowest BCUT2D eigenvalue weighted by molar-refractivity contribution is 0.338. The summed E-state index contributed by atoms with van der Waals surface area (Å²) in [6.45, 7) is 2.63. The van der Waals surface area contributed by atoms with E-state index in [1.54, 1.807) is 0 Å². The molecule has 0 radical (unpaired) electrons.